The van der Waals surface area contributed by atoms with Gasteiger partial charge in [-0.2, -0.15) is 0 Å². The van der Waals surface area contributed by atoms with Crippen molar-refractivity contribution >= 4 is 18.3 Å². The molecule has 1 aliphatic heterocycles. The number of para-hydroxylation sites is 1. The third-order valence-electron chi connectivity index (χ3n) is 4.35. The van der Waals surface area contributed by atoms with Gasteiger partial charge in [-0.1, -0.05) is 18.2 Å². The van der Waals surface area contributed by atoms with Gasteiger partial charge in [0.15, 0.2) is 0 Å². The van der Waals surface area contributed by atoms with Gasteiger partial charge in [0.05, 0.1) is 13.2 Å². The number of halogens is 1. The van der Waals surface area contributed by atoms with Crippen LogP contribution < -0.4 is 15.6 Å². The topological polar surface area (TPSA) is 63.6 Å². The SMILES string of the molecule is COc1ccccc1C1CNCCN1C(=O)c1ccn(C)c(=O)c1.Cl. The second kappa shape index (κ2) is 8.18. The summed E-state index contributed by atoms with van der Waals surface area (Å²) in [7, 11) is 3.29. The number of amides is 1. The number of hydrogen-bond acceptors (Lipinski definition) is 4. The highest BCUT2D eigenvalue weighted by Gasteiger charge is 2.30. The molecule has 0 radical (unpaired) electrons. The van der Waals surface area contributed by atoms with Crippen molar-refractivity contribution in [1.82, 2.24) is 14.8 Å². The number of nitrogens with one attached hydrogen (secondary N) is 1. The van der Waals surface area contributed by atoms with Gasteiger partial charge in [-0.25, -0.2) is 0 Å². The smallest absolute Gasteiger partial charge is 0.254 e. The average molecular weight is 364 g/mol. The monoisotopic (exact) mass is 363 g/mol. The minimum absolute atomic E-state index is 0. The van der Waals surface area contributed by atoms with E-state index in [-0.39, 0.29) is 29.9 Å². The minimum Gasteiger partial charge on any atom is -0.496 e. The van der Waals surface area contributed by atoms with Crippen LogP contribution in [0, 0.1) is 0 Å². The number of aromatic nitrogens is 1. The Morgan fingerprint density at radius 1 is 1.28 bits per heavy atom. The molecule has 7 heteroatoms. The summed E-state index contributed by atoms with van der Waals surface area (Å²) in [5.41, 5.74) is 1.19. The summed E-state index contributed by atoms with van der Waals surface area (Å²) in [5.74, 6) is 0.623. The normalized spacial score (nSPS) is 16.9. The van der Waals surface area contributed by atoms with Crippen LogP contribution in [0.2, 0.25) is 0 Å². The number of aryl methyl sites for hydroxylation is 1. The lowest BCUT2D eigenvalue weighted by atomic mass is 10.0. The molecule has 1 aliphatic rings. The molecular weight excluding hydrogens is 342 g/mol. The lowest BCUT2D eigenvalue weighted by molar-refractivity contribution is 0.0631. The van der Waals surface area contributed by atoms with Crippen LogP contribution in [0.3, 0.4) is 0 Å². The van der Waals surface area contributed by atoms with Gasteiger partial charge in [-0.05, 0) is 12.1 Å². The Hall–Kier alpha value is -2.31. The number of nitrogens with zero attached hydrogens (tertiary/aromatic N) is 2. The highest BCUT2D eigenvalue weighted by atomic mass is 35.5. The molecule has 1 aromatic carbocycles. The molecule has 1 fully saturated rings. The standard InChI is InChI=1S/C18H21N3O3.ClH/c1-20-9-7-13(11-17(20)22)18(23)21-10-8-19-12-15(21)14-5-3-4-6-16(14)24-2;/h3-7,9,11,15,19H,8,10,12H2,1-2H3;1H. The van der Waals surface area contributed by atoms with E-state index < -0.39 is 0 Å². The van der Waals surface area contributed by atoms with Gasteiger partial charge in [0.1, 0.15) is 5.75 Å². The summed E-state index contributed by atoms with van der Waals surface area (Å²) < 4.78 is 6.90. The number of piperazine rings is 1. The molecule has 1 atom stereocenters. The number of benzene rings is 1. The Bertz CT molecular complexity index is 806. The first-order valence-electron chi connectivity index (χ1n) is 7.93. The van der Waals surface area contributed by atoms with Crippen LogP contribution in [0.4, 0.5) is 0 Å². The van der Waals surface area contributed by atoms with Gasteiger partial charge in [0.25, 0.3) is 11.5 Å². The largest absolute Gasteiger partial charge is 0.496 e. The third-order valence-corrected chi connectivity index (χ3v) is 4.35. The van der Waals surface area contributed by atoms with Crippen molar-refractivity contribution in [2.24, 2.45) is 7.05 Å². The number of pyridine rings is 1. The lowest BCUT2D eigenvalue weighted by Gasteiger charge is -2.37. The molecule has 0 bridgehead atoms. The second-order valence-corrected chi connectivity index (χ2v) is 5.82. The van der Waals surface area contributed by atoms with Crippen LogP contribution in [0.15, 0.2) is 47.4 Å². The van der Waals surface area contributed by atoms with E-state index in [0.29, 0.717) is 18.7 Å². The van der Waals surface area contributed by atoms with Gasteiger partial charge in [0.2, 0.25) is 0 Å². The Kier molecular flexibility index (Phi) is 6.22. The maximum Gasteiger partial charge on any atom is 0.254 e. The van der Waals surface area contributed by atoms with Crippen molar-refractivity contribution in [3.8, 4) is 5.75 Å². The van der Waals surface area contributed by atoms with Crippen molar-refractivity contribution in [2.45, 2.75) is 6.04 Å². The van der Waals surface area contributed by atoms with Crippen molar-refractivity contribution in [3.05, 3.63) is 64.1 Å². The van der Waals surface area contributed by atoms with Gasteiger partial charge in [0, 0.05) is 50.1 Å². The predicted molar refractivity (Wildman–Crippen MR) is 98.6 cm³/mol. The molecule has 25 heavy (non-hydrogen) atoms. The first-order chi connectivity index (χ1) is 11.6. The van der Waals surface area contributed by atoms with E-state index in [0.717, 1.165) is 17.9 Å². The molecule has 1 N–H and O–H groups in total. The zero-order chi connectivity index (χ0) is 17.1. The fourth-order valence-corrected chi connectivity index (χ4v) is 3.01. The first kappa shape index (κ1) is 19.0. The third kappa shape index (κ3) is 3.86. The van der Waals surface area contributed by atoms with Gasteiger partial charge in [-0.15, -0.1) is 12.4 Å². The number of hydrogen-bond donors (Lipinski definition) is 1. The van der Waals surface area contributed by atoms with Gasteiger partial charge in [-0.3, -0.25) is 9.59 Å². The molecule has 0 spiro atoms. The molecule has 0 aliphatic carbocycles. The van der Waals surface area contributed by atoms with Crippen LogP contribution >= 0.6 is 12.4 Å². The fraction of sp³-hybridized carbons (Fsp3) is 0.333. The lowest BCUT2D eigenvalue weighted by Crippen LogP contribution is -2.49. The highest BCUT2D eigenvalue weighted by Crippen LogP contribution is 2.30. The zero-order valence-corrected chi connectivity index (χ0v) is 15.1. The van der Waals surface area contributed by atoms with Crippen LogP contribution in [0.5, 0.6) is 5.75 Å². The van der Waals surface area contributed by atoms with Crippen molar-refractivity contribution in [1.29, 1.82) is 0 Å². The quantitative estimate of drug-likeness (QED) is 0.899. The summed E-state index contributed by atoms with van der Waals surface area (Å²) in [6.45, 7) is 1.95. The Labute approximate surface area is 152 Å². The summed E-state index contributed by atoms with van der Waals surface area (Å²) in [6.07, 6.45) is 1.62. The molecule has 1 unspecified atom stereocenters. The van der Waals surface area contributed by atoms with E-state index >= 15 is 0 Å². The molecular formula is C18H22ClN3O3. The molecule has 1 amide bonds. The molecule has 1 saturated heterocycles. The van der Waals surface area contributed by atoms with E-state index in [9.17, 15) is 9.59 Å². The van der Waals surface area contributed by atoms with E-state index in [1.54, 1.807) is 26.4 Å². The van der Waals surface area contributed by atoms with E-state index in [1.165, 1.54) is 10.6 Å². The van der Waals surface area contributed by atoms with Crippen LogP contribution in [-0.4, -0.2) is 42.1 Å². The number of methoxy groups -OCH3 is 1. The number of rotatable bonds is 3. The summed E-state index contributed by atoms with van der Waals surface area (Å²) in [5, 5.41) is 3.33. The average Bonchev–Trinajstić information content (AvgIpc) is 2.63. The predicted octanol–water partition coefficient (Wildman–Crippen LogP) is 1.60. The summed E-state index contributed by atoms with van der Waals surface area (Å²) in [6, 6.07) is 10.7. The first-order valence-corrected chi connectivity index (χ1v) is 7.93. The molecule has 6 nitrogen and oxygen atoms in total. The summed E-state index contributed by atoms with van der Waals surface area (Å²) in [4.78, 5) is 26.6. The second-order valence-electron chi connectivity index (χ2n) is 5.82. The van der Waals surface area contributed by atoms with Gasteiger partial charge >= 0.3 is 0 Å². The maximum absolute atomic E-state index is 13.0. The molecule has 134 valence electrons. The van der Waals surface area contributed by atoms with Crippen LogP contribution in [0.1, 0.15) is 22.0 Å². The van der Waals surface area contributed by atoms with E-state index in [4.69, 9.17) is 4.74 Å². The molecule has 2 heterocycles. The van der Waals surface area contributed by atoms with Gasteiger partial charge < -0.3 is 19.5 Å². The zero-order valence-electron chi connectivity index (χ0n) is 14.3. The van der Waals surface area contributed by atoms with Crippen molar-refractivity contribution in [2.75, 3.05) is 26.7 Å². The Morgan fingerprint density at radius 3 is 2.76 bits per heavy atom. The molecule has 1 aromatic heterocycles. The van der Waals surface area contributed by atoms with Crippen LogP contribution in [0.25, 0.3) is 0 Å². The van der Waals surface area contributed by atoms with Crippen molar-refractivity contribution in [3.63, 3.8) is 0 Å². The maximum atomic E-state index is 13.0. The fourth-order valence-electron chi connectivity index (χ4n) is 3.01. The number of carbonyl (C=O) groups excluding carboxylic acids is 1. The minimum atomic E-state index is -0.190. The number of ether oxygens (including phenoxy) is 1. The summed E-state index contributed by atoms with van der Waals surface area (Å²) >= 11 is 0. The Balaban J connectivity index is 0.00000225. The highest BCUT2D eigenvalue weighted by molar-refractivity contribution is 5.94. The Morgan fingerprint density at radius 2 is 2.04 bits per heavy atom. The van der Waals surface area contributed by atoms with E-state index in [2.05, 4.69) is 5.32 Å². The molecule has 3 rings (SSSR count). The van der Waals surface area contributed by atoms with E-state index in [1.807, 2.05) is 29.2 Å². The molecule has 0 saturated carbocycles. The van der Waals surface area contributed by atoms with Crippen molar-refractivity contribution < 1.29 is 9.53 Å². The molecule has 2 aromatic rings. The van der Waals surface area contributed by atoms with Crippen LogP contribution in [-0.2, 0) is 7.05 Å². The number of carbonyl (C=O) groups is 1.